The number of carbonyl (C=O) groups excluding carboxylic acids is 2. The van der Waals surface area contributed by atoms with Gasteiger partial charge in [0.2, 0.25) is 12.0 Å². The Labute approximate surface area is 176 Å². The monoisotopic (exact) mass is 400 g/mol. The van der Waals surface area contributed by atoms with Crippen LogP contribution in [0, 0.1) is 0 Å². The van der Waals surface area contributed by atoms with E-state index >= 15 is 0 Å². The quantitative estimate of drug-likeness (QED) is 0.645. The third-order valence-electron chi connectivity index (χ3n) is 5.13. The lowest BCUT2D eigenvalue weighted by Gasteiger charge is -2.19. The van der Waals surface area contributed by atoms with E-state index in [0.717, 1.165) is 29.8 Å². The zero-order valence-electron chi connectivity index (χ0n) is 16.7. The fourth-order valence-corrected chi connectivity index (χ4v) is 3.53. The maximum atomic E-state index is 13.0. The number of nitrogens with zero attached hydrogens (tertiary/aromatic N) is 1. The Morgan fingerprint density at radius 1 is 0.933 bits per heavy atom. The van der Waals surface area contributed by atoms with Gasteiger partial charge in [-0.25, -0.2) is 0 Å². The van der Waals surface area contributed by atoms with Gasteiger partial charge in [-0.15, -0.1) is 0 Å². The molecule has 1 aliphatic rings. The Morgan fingerprint density at radius 3 is 2.23 bits per heavy atom. The second kappa shape index (κ2) is 9.27. The highest BCUT2D eigenvalue weighted by Gasteiger charge is 2.23. The van der Waals surface area contributed by atoms with Crippen molar-refractivity contribution in [3.8, 4) is 5.75 Å². The molecule has 4 rings (SSSR count). The summed E-state index contributed by atoms with van der Waals surface area (Å²) < 4.78 is 5.99. The molecule has 152 valence electrons. The van der Waals surface area contributed by atoms with Crippen molar-refractivity contribution in [2.45, 2.75) is 25.5 Å². The predicted molar refractivity (Wildman–Crippen MR) is 116 cm³/mol. The summed E-state index contributed by atoms with van der Waals surface area (Å²) in [4.78, 5) is 26.6. The normalized spacial score (nSPS) is 14.4. The summed E-state index contributed by atoms with van der Waals surface area (Å²) in [5.74, 6) is 0.602. The van der Waals surface area contributed by atoms with Crippen molar-refractivity contribution < 1.29 is 14.3 Å². The second-order valence-corrected chi connectivity index (χ2v) is 7.25. The molecule has 1 unspecified atom stereocenters. The van der Waals surface area contributed by atoms with Crippen molar-refractivity contribution in [3.63, 3.8) is 0 Å². The number of nitrogens with one attached hydrogen (secondary N) is 1. The molecule has 0 bridgehead atoms. The molecule has 0 aromatic heterocycles. The molecule has 30 heavy (non-hydrogen) atoms. The first kappa shape index (κ1) is 19.7. The first-order chi connectivity index (χ1) is 14.7. The van der Waals surface area contributed by atoms with E-state index in [-0.39, 0.29) is 11.8 Å². The number of amides is 2. The Morgan fingerprint density at radius 2 is 1.60 bits per heavy atom. The Bertz CT molecular complexity index is 988. The molecule has 5 heteroatoms. The number of hydrogen-bond donors (Lipinski definition) is 1. The molecule has 1 fully saturated rings. The molecular weight excluding hydrogens is 376 g/mol. The number of para-hydroxylation sites is 1. The van der Waals surface area contributed by atoms with Crippen molar-refractivity contribution in [1.82, 2.24) is 5.32 Å². The fourth-order valence-electron chi connectivity index (χ4n) is 3.53. The van der Waals surface area contributed by atoms with E-state index in [4.69, 9.17) is 4.74 Å². The second-order valence-electron chi connectivity index (χ2n) is 7.25. The molecule has 1 N–H and O–H groups in total. The lowest BCUT2D eigenvalue weighted by atomic mass is 10.1. The summed E-state index contributed by atoms with van der Waals surface area (Å²) in [6, 6.07) is 26.5. The van der Waals surface area contributed by atoms with Crippen molar-refractivity contribution in [2.24, 2.45) is 0 Å². The minimum absolute atomic E-state index is 0.166. The first-order valence-corrected chi connectivity index (χ1v) is 10.1. The zero-order valence-corrected chi connectivity index (χ0v) is 16.7. The van der Waals surface area contributed by atoms with E-state index in [9.17, 15) is 9.59 Å². The lowest BCUT2D eigenvalue weighted by molar-refractivity contribution is -0.128. The predicted octanol–water partition coefficient (Wildman–Crippen LogP) is 4.25. The van der Waals surface area contributed by atoms with Crippen LogP contribution in [0.5, 0.6) is 5.75 Å². The van der Waals surface area contributed by atoms with Gasteiger partial charge in [0.1, 0.15) is 5.75 Å². The van der Waals surface area contributed by atoms with E-state index in [1.54, 1.807) is 0 Å². The van der Waals surface area contributed by atoms with Crippen molar-refractivity contribution in [1.29, 1.82) is 0 Å². The summed E-state index contributed by atoms with van der Waals surface area (Å²) in [7, 11) is 0. The lowest BCUT2D eigenvalue weighted by Crippen LogP contribution is -2.32. The van der Waals surface area contributed by atoms with Crippen LogP contribution in [0.1, 0.15) is 30.1 Å². The van der Waals surface area contributed by atoms with E-state index in [0.29, 0.717) is 18.7 Å². The van der Waals surface area contributed by atoms with Gasteiger partial charge >= 0.3 is 0 Å². The van der Waals surface area contributed by atoms with Gasteiger partial charge in [-0.05, 0) is 36.2 Å². The summed E-state index contributed by atoms with van der Waals surface area (Å²) in [5.41, 5.74) is 2.66. The molecule has 3 aromatic carbocycles. The van der Waals surface area contributed by atoms with Crippen molar-refractivity contribution in [3.05, 3.63) is 96.1 Å². The molecule has 0 radical (unpaired) electrons. The van der Waals surface area contributed by atoms with Gasteiger partial charge in [-0.3, -0.25) is 9.59 Å². The minimum atomic E-state index is -0.741. The van der Waals surface area contributed by atoms with E-state index in [2.05, 4.69) is 5.32 Å². The number of rotatable bonds is 7. The van der Waals surface area contributed by atoms with Crippen molar-refractivity contribution >= 4 is 17.5 Å². The Hall–Kier alpha value is -3.60. The van der Waals surface area contributed by atoms with E-state index in [1.807, 2.05) is 89.8 Å². The third kappa shape index (κ3) is 4.69. The van der Waals surface area contributed by atoms with Gasteiger partial charge in [0.15, 0.2) is 0 Å². The number of benzene rings is 3. The smallest absolute Gasteiger partial charge is 0.266 e. The molecule has 0 spiro atoms. The average Bonchev–Trinajstić information content (AvgIpc) is 3.23. The molecule has 1 aliphatic heterocycles. The van der Waals surface area contributed by atoms with Crippen LogP contribution in [0.2, 0.25) is 0 Å². The molecule has 1 heterocycles. The number of ether oxygens (including phenoxy) is 1. The Balaban J connectivity index is 1.43. The molecule has 1 saturated heterocycles. The fraction of sp³-hybridized carbons (Fsp3) is 0.200. The molecule has 5 nitrogen and oxygen atoms in total. The summed E-state index contributed by atoms with van der Waals surface area (Å²) in [6.07, 6.45) is 0.772. The topological polar surface area (TPSA) is 58.6 Å². The van der Waals surface area contributed by atoms with Gasteiger partial charge in [-0.2, -0.15) is 0 Å². The molecule has 2 amide bonds. The van der Waals surface area contributed by atoms with Crippen LogP contribution in [0.3, 0.4) is 0 Å². The summed E-state index contributed by atoms with van der Waals surface area (Å²) in [6.45, 7) is 1.15. The van der Waals surface area contributed by atoms with Crippen molar-refractivity contribution in [2.75, 3.05) is 11.4 Å². The highest BCUT2D eigenvalue weighted by molar-refractivity contribution is 5.95. The van der Waals surface area contributed by atoms with E-state index in [1.165, 1.54) is 0 Å². The highest BCUT2D eigenvalue weighted by atomic mass is 16.5. The SMILES string of the molecule is O=C(NCc1ccc(N2CCCC2=O)cc1)C(Oc1ccccc1)c1ccccc1. The maximum Gasteiger partial charge on any atom is 0.266 e. The van der Waals surface area contributed by atoms with Crippen LogP contribution >= 0.6 is 0 Å². The first-order valence-electron chi connectivity index (χ1n) is 10.1. The summed E-state index contributed by atoms with van der Waals surface area (Å²) >= 11 is 0. The van der Waals surface area contributed by atoms with Crippen LogP contribution in [0.25, 0.3) is 0 Å². The van der Waals surface area contributed by atoms with Gasteiger partial charge in [0.25, 0.3) is 5.91 Å². The van der Waals surface area contributed by atoms with Gasteiger partial charge in [-0.1, -0.05) is 60.7 Å². The molecule has 3 aromatic rings. The Kier molecular flexibility index (Phi) is 6.09. The molecular formula is C25H24N2O3. The standard InChI is InChI=1S/C25H24N2O3/c28-23-12-7-17-27(23)21-15-13-19(14-16-21)18-26-25(29)24(20-8-3-1-4-9-20)30-22-10-5-2-6-11-22/h1-6,8-11,13-16,24H,7,12,17-18H2,(H,26,29). The highest BCUT2D eigenvalue weighted by Crippen LogP contribution is 2.23. The summed E-state index contributed by atoms with van der Waals surface area (Å²) in [5, 5.41) is 2.97. The number of anilines is 1. The number of hydrogen-bond acceptors (Lipinski definition) is 3. The number of carbonyl (C=O) groups is 2. The molecule has 0 aliphatic carbocycles. The van der Waals surface area contributed by atoms with Crippen LogP contribution in [-0.2, 0) is 16.1 Å². The van der Waals surface area contributed by atoms with Crippen LogP contribution in [-0.4, -0.2) is 18.4 Å². The zero-order chi connectivity index (χ0) is 20.8. The molecule has 1 atom stereocenters. The molecule has 0 saturated carbocycles. The van der Waals surface area contributed by atoms with E-state index < -0.39 is 6.10 Å². The van der Waals surface area contributed by atoms with Crippen LogP contribution < -0.4 is 15.0 Å². The average molecular weight is 400 g/mol. The third-order valence-corrected chi connectivity index (χ3v) is 5.13. The van der Waals surface area contributed by atoms with Gasteiger partial charge in [0.05, 0.1) is 0 Å². The van der Waals surface area contributed by atoms with Gasteiger partial charge < -0.3 is 15.0 Å². The van der Waals surface area contributed by atoms with Crippen LogP contribution in [0.4, 0.5) is 5.69 Å². The maximum absolute atomic E-state index is 13.0. The van der Waals surface area contributed by atoms with Crippen LogP contribution in [0.15, 0.2) is 84.9 Å². The minimum Gasteiger partial charge on any atom is -0.476 e. The largest absolute Gasteiger partial charge is 0.476 e. The van der Waals surface area contributed by atoms with Gasteiger partial charge in [0, 0.05) is 30.8 Å².